The summed E-state index contributed by atoms with van der Waals surface area (Å²) in [4.78, 5) is 14.8. The maximum Gasteiger partial charge on any atom is 0.337 e. The Morgan fingerprint density at radius 2 is 1.68 bits per heavy atom. The Bertz CT molecular complexity index is 673. The minimum atomic E-state index is -1.12. The normalized spacial score (nSPS) is 10.5. The third kappa shape index (κ3) is 2.79. The van der Waals surface area contributed by atoms with Crippen LogP contribution in [-0.2, 0) is 0 Å². The molecule has 0 amide bonds. The number of hydrogen-bond donors (Lipinski definition) is 1. The van der Waals surface area contributed by atoms with Gasteiger partial charge < -0.3 is 5.11 Å². The maximum atomic E-state index is 10.8. The average Bonchev–Trinajstić information content (AvgIpc) is 2.36. The van der Waals surface area contributed by atoms with Gasteiger partial charge in [-0.2, -0.15) is 0 Å². The molecule has 0 aliphatic rings. The highest BCUT2D eigenvalue weighted by molar-refractivity contribution is 6.46. The highest BCUT2D eigenvalue weighted by Gasteiger charge is 2.17. The molecule has 1 heterocycles. The van der Waals surface area contributed by atoms with Crippen molar-refractivity contribution in [3.63, 3.8) is 0 Å². The molecule has 19 heavy (non-hydrogen) atoms. The van der Waals surface area contributed by atoms with Crippen LogP contribution < -0.4 is 0 Å². The van der Waals surface area contributed by atoms with E-state index in [4.69, 9.17) is 51.5 Å². The molecule has 2 rings (SSSR count). The van der Waals surface area contributed by atoms with Crippen LogP contribution in [0.1, 0.15) is 10.4 Å². The number of pyridine rings is 1. The van der Waals surface area contributed by atoms with E-state index >= 15 is 0 Å². The molecule has 0 aliphatic carbocycles. The van der Waals surface area contributed by atoms with Gasteiger partial charge in [0.25, 0.3) is 0 Å². The van der Waals surface area contributed by atoms with Crippen LogP contribution in [0.2, 0.25) is 20.1 Å². The molecule has 0 bridgehead atoms. The molecule has 2 aromatic rings. The number of nitrogens with zero attached hydrogens (tertiary/aromatic N) is 1. The molecule has 0 aliphatic heterocycles. The van der Waals surface area contributed by atoms with E-state index in [1.54, 1.807) is 12.1 Å². The van der Waals surface area contributed by atoms with Crippen molar-refractivity contribution >= 4 is 52.4 Å². The van der Waals surface area contributed by atoms with Crippen LogP contribution in [-0.4, -0.2) is 16.1 Å². The van der Waals surface area contributed by atoms with E-state index in [9.17, 15) is 4.79 Å². The molecule has 7 heteroatoms. The molecular weight excluding hydrogens is 332 g/mol. The molecule has 1 aromatic heterocycles. The third-order valence-electron chi connectivity index (χ3n) is 2.37. The Morgan fingerprint density at radius 1 is 1.05 bits per heavy atom. The zero-order chi connectivity index (χ0) is 14.2. The number of hydrogen-bond acceptors (Lipinski definition) is 2. The first-order valence-corrected chi connectivity index (χ1v) is 6.45. The second-order valence-electron chi connectivity index (χ2n) is 3.58. The van der Waals surface area contributed by atoms with E-state index in [-0.39, 0.29) is 21.3 Å². The Hall–Kier alpha value is -1.000. The van der Waals surface area contributed by atoms with Gasteiger partial charge in [0, 0.05) is 11.8 Å². The van der Waals surface area contributed by atoms with Gasteiger partial charge in [0.15, 0.2) is 0 Å². The fourth-order valence-electron chi connectivity index (χ4n) is 1.48. The number of halogens is 4. The van der Waals surface area contributed by atoms with Crippen LogP contribution >= 0.6 is 46.4 Å². The number of rotatable bonds is 2. The lowest BCUT2D eigenvalue weighted by Crippen LogP contribution is -1.98. The number of carboxylic acid groups (broad SMARTS) is 1. The van der Waals surface area contributed by atoms with Crippen molar-refractivity contribution in [2.24, 2.45) is 0 Å². The number of carbonyl (C=O) groups is 1. The van der Waals surface area contributed by atoms with Crippen molar-refractivity contribution in [2.45, 2.75) is 0 Å². The Labute approximate surface area is 128 Å². The van der Waals surface area contributed by atoms with Crippen molar-refractivity contribution in [3.8, 4) is 11.3 Å². The molecule has 0 unspecified atom stereocenters. The Morgan fingerprint density at radius 3 is 2.26 bits per heavy atom. The summed E-state index contributed by atoms with van der Waals surface area (Å²) in [7, 11) is 0. The standard InChI is InChI=1S/C12H5Cl4NO2/c13-6-1-2-7(14)10(16)9(6)11-8(15)3-5(4-17-11)12(18)19/h1-4H,(H,18,19). The highest BCUT2D eigenvalue weighted by atomic mass is 35.5. The zero-order valence-electron chi connectivity index (χ0n) is 9.12. The van der Waals surface area contributed by atoms with Gasteiger partial charge in [0.05, 0.1) is 31.3 Å². The van der Waals surface area contributed by atoms with Crippen LogP contribution in [0, 0.1) is 0 Å². The largest absolute Gasteiger partial charge is 0.478 e. The van der Waals surface area contributed by atoms with Crippen LogP contribution in [0.25, 0.3) is 11.3 Å². The number of benzene rings is 1. The van der Waals surface area contributed by atoms with Gasteiger partial charge in [0.1, 0.15) is 0 Å². The van der Waals surface area contributed by atoms with Crippen LogP contribution in [0.5, 0.6) is 0 Å². The number of carboxylic acids is 1. The molecule has 0 fully saturated rings. The molecule has 0 atom stereocenters. The smallest absolute Gasteiger partial charge is 0.337 e. The van der Waals surface area contributed by atoms with Crippen molar-refractivity contribution in [1.29, 1.82) is 0 Å². The summed E-state index contributed by atoms with van der Waals surface area (Å²) in [6.45, 7) is 0. The quantitative estimate of drug-likeness (QED) is 0.780. The van der Waals surface area contributed by atoms with Crippen molar-refractivity contribution < 1.29 is 9.90 Å². The molecule has 3 nitrogen and oxygen atoms in total. The van der Waals surface area contributed by atoms with Crippen molar-refractivity contribution in [3.05, 3.63) is 50.0 Å². The second kappa shape index (κ2) is 5.55. The minimum Gasteiger partial charge on any atom is -0.478 e. The summed E-state index contributed by atoms with van der Waals surface area (Å²) < 4.78 is 0. The molecule has 98 valence electrons. The van der Waals surface area contributed by atoms with Gasteiger partial charge in [-0.1, -0.05) is 46.4 Å². The summed E-state index contributed by atoms with van der Waals surface area (Å²) in [6, 6.07) is 4.39. The summed E-state index contributed by atoms with van der Waals surface area (Å²) >= 11 is 24.1. The SMILES string of the molecule is O=C(O)c1cnc(-c2c(Cl)ccc(Cl)c2Cl)c(Cl)c1. The first-order chi connectivity index (χ1) is 8.91. The fraction of sp³-hybridized carbons (Fsp3) is 0. The van der Waals surface area contributed by atoms with Gasteiger partial charge in [-0.05, 0) is 18.2 Å². The monoisotopic (exact) mass is 335 g/mol. The molecular formula is C12H5Cl4NO2. The van der Waals surface area contributed by atoms with Gasteiger partial charge in [0.2, 0.25) is 0 Å². The second-order valence-corrected chi connectivity index (χ2v) is 5.18. The molecule has 0 radical (unpaired) electrons. The lowest BCUT2D eigenvalue weighted by atomic mass is 10.1. The topological polar surface area (TPSA) is 50.2 Å². The van der Waals surface area contributed by atoms with E-state index in [1.165, 1.54) is 12.3 Å². The predicted octanol–water partition coefficient (Wildman–Crippen LogP) is 5.06. The summed E-state index contributed by atoms with van der Waals surface area (Å²) in [5.41, 5.74) is 0.630. The number of aromatic carboxylic acids is 1. The maximum absolute atomic E-state index is 10.8. The first kappa shape index (κ1) is 14.4. The van der Waals surface area contributed by atoms with Gasteiger partial charge >= 0.3 is 5.97 Å². The summed E-state index contributed by atoms with van der Waals surface area (Å²) in [5, 5.41) is 9.83. The van der Waals surface area contributed by atoms with Crippen molar-refractivity contribution in [1.82, 2.24) is 4.98 Å². The van der Waals surface area contributed by atoms with Crippen LogP contribution in [0.15, 0.2) is 24.4 Å². The minimum absolute atomic E-state index is 0.0250. The van der Waals surface area contributed by atoms with Gasteiger partial charge in [-0.15, -0.1) is 0 Å². The highest BCUT2D eigenvalue weighted by Crippen LogP contribution is 2.40. The van der Waals surface area contributed by atoms with E-state index in [2.05, 4.69) is 4.98 Å². The zero-order valence-corrected chi connectivity index (χ0v) is 12.1. The molecule has 1 aromatic carbocycles. The third-order valence-corrected chi connectivity index (χ3v) is 3.78. The number of aromatic nitrogens is 1. The van der Waals surface area contributed by atoms with E-state index in [0.717, 1.165) is 0 Å². The fourth-order valence-corrected chi connectivity index (χ4v) is 2.45. The molecule has 1 N–H and O–H groups in total. The van der Waals surface area contributed by atoms with Gasteiger partial charge in [-0.3, -0.25) is 4.98 Å². The molecule has 0 spiro atoms. The predicted molar refractivity (Wildman–Crippen MR) is 76.7 cm³/mol. The Balaban J connectivity index is 2.66. The first-order valence-electron chi connectivity index (χ1n) is 4.94. The van der Waals surface area contributed by atoms with E-state index < -0.39 is 5.97 Å². The summed E-state index contributed by atoms with van der Waals surface area (Å²) in [6.07, 6.45) is 1.18. The summed E-state index contributed by atoms with van der Waals surface area (Å²) in [5.74, 6) is -1.12. The van der Waals surface area contributed by atoms with E-state index in [1.807, 2.05) is 0 Å². The van der Waals surface area contributed by atoms with Gasteiger partial charge in [-0.25, -0.2) is 4.79 Å². The Kier molecular flexibility index (Phi) is 4.21. The molecule has 0 saturated heterocycles. The molecule has 0 saturated carbocycles. The van der Waals surface area contributed by atoms with E-state index in [0.29, 0.717) is 15.6 Å². The lowest BCUT2D eigenvalue weighted by molar-refractivity contribution is 0.0696. The van der Waals surface area contributed by atoms with Crippen molar-refractivity contribution in [2.75, 3.05) is 0 Å². The van der Waals surface area contributed by atoms with Crippen LogP contribution in [0.3, 0.4) is 0 Å². The van der Waals surface area contributed by atoms with Crippen LogP contribution in [0.4, 0.5) is 0 Å². The lowest BCUT2D eigenvalue weighted by Gasteiger charge is -2.10. The average molecular weight is 337 g/mol.